The van der Waals surface area contributed by atoms with E-state index in [2.05, 4.69) is 10.2 Å². The Morgan fingerprint density at radius 2 is 1.86 bits per heavy atom. The van der Waals surface area contributed by atoms with E-state index in [1.54, 1.807) is 36.6 Å². The molecule has 3 aromatic rings. The highest BCUT2D eigenvalue weighted by molar-refractivity contribution is 7.99. The number of benzene rings is 2. The Morgan fingerprint density at radius 3 is 2.52 bits per heavy atom. The lowest BCUT2D eigenvalue weighted by molar-refractivity contribution is -0.144. The van der Waals surface area contributed by atoms with Crippen LogP contribution in [0.15, 0.2) is 53.7 Å². The molecule has 0 amide bonds. The maximum Gasteiger partial charge on any atom is 0.316 e. The number of hydrogen-bond donors (Lipinski definition) is 0. The van der Waals surface area contributed by atoms with E-state index in [0.29, 0.717) is 23.3 Å². The predicted octanol–water partition coefficient (Wildman–Crippen LogP) is 4.52. The molecule has 29 heavy (non-hydrogen) atoms. The molecule has 8 heteroatoms. The molecule has 0 radical (unpaired) electrons. The monoisotopic (exact) mass is 415 g/mol. The van der Waals surface area contributed by atoms with Crippen molar-refractivity contribution >= 4 is 17.7 Å². The molecule has 0 N–H and O–H groups in total. The average Bonchev–Trinajstić information content (AvgIpc) is 3.11. The maximum absolute atomic E-state index is 14.6. The molecule has 3 rings (SSSR count). The van der Waals surface area contributed by atoms with Crippen molar-refractivity contribution < 1.29 is 18.7 Å². The normalized spacial score (nSPS) is 10.9. The Hall–Kier alpha value is -2.87. The van der Waals surface area contributed by atoms with Crippen molar-refractivity contribution in [1.29, 1.82) is 0 Å². The van der Waals surface area contributed by atoms with Crippen molar-refractivity contribution in [3.63, 3.8) is 0 Å². The summed E-state index contributed by atoms with van der Waals surface area (Å²) in [7, 11) is 0. The lowest BCUT2D eigenvalue weighted by Gasteiger charge is -2.12. The lowest BCUT2D eigenvalue weighted by atomic mass is 10.2. The third-order valence-corrected chi connectivity index (χ3v) is 4.74. The van der Waals surface area contributed by atoms with E-state index in [1.807, 2.05) is 31.2 Å². The van der Waals surface area contributed by atoms with Gasteiger partial charge in [0.2, 0.25) is 0 Å². The summed E-state index contributed by atoms with van der Waals surface area (Å²) < 4.78 is 26.8. The predicted molar refractivity (Wildman–Crippen MR) is 110 cm³/mol. The fraction of sp³-hybridized carbons (Fsp3) is 0.286. The van der Waals surface area contributed by atoms with E-state index in [4.69, 9.17) is 9.47 Å². The number of ether oxygens (including phenoxy) is 2. The molecule has 6 nitrogen and oxygen atoms in total. The minimum absolute atomic E-state index is 0.0496. The number of rotatable bonds is 8. The van der Waals surface area contributed by atoms with E-state index in [9.17, 15) is 9.18 Å². The van der Waals surface area contributed by atoms with Crippen molar-refractivity contribution in [2.45, 2.75) is 32.0 Å². The SMILES string of the molecule is CCOc1ccc(-c2nnc(SCC(=O)OC(C)C)n2-c2ccccc2F)cc1. The molecular weight excluding hydrogens is 393 g/mol. The van der Waals surface area contributed by atoms with Crippen LogP contribution < -0.4 is 4.74 Å². The largest absolute Gasteiger partial charge is 0.494 e. The molecular formula is C21H22FN3O3S. The fourth-order valence-corrected chi connectivity index (χ4v) is 3.42. The smallest absolute Gasteiger partial charge is 0.316 e. The summed E-state index contributed by atoms with van der Waals surface area (Å²) >= 11 is 1.15. The number of carbonyl (C=O) groups is 1. The molecule has 2 aromatic carbocycles. The van der Waals surface area contributed by atoms with Crippen molar-refractivity contribution in [3.8, 4) is 22.8 Å². The summed E-state index contributed by atoms with van der Waals surface area (Å²) in [4.78, 5) is 11.9. The third kappa shape index (κ3) is 5.14. The summed E-state index contributed by atoms with van der Waals surface area (Å²) in [6, 6.07) is 13.7. The van der Waals surface area contributed by atoms with Gasteiger partial charge in [0.05, 0.1) is 24.2 Å². The second-order valence-corrected chi connectivity index (χ2v) is 7.32. The van der Waals surface area contributed by atoms with Gasteiger partial charge < -0.3 is 9.47 Å². The number of aromatic nitrogens is 3. The lowest BCUT2D eigenvalue weighted by Crippen LogP contribution is -2.13. The summed E-state index contributed by atoms with van der Waals surface area (Å²) in [5.41, 5.74) is 1.06. The highest BCUT2D eigenvalue weighted by atomic mass is 32.2. The van der Waals surface area contributed by atoms with Crippen LogP contribution in [-0.4, -0.2) is 39.2 Å². The van der Waals surface area contributed by atoms with Crippen molar-refractivity contribution in [2.75, 3.05) is 12.4 Å². The first-order valence-corrected chi connectivity index (χ1v) is 10.2. The van der Waals surface area contributed by atoms with Crippen LogP contribution in [0.1, 0.15) is 20.8 Å². The van der Waals surface area contributed by atoms with Gasteiger partial charge in [-0.3, -0.25) is 9.36 Å². The van der Waals surface area contributed by atoms with Crippen molar-refractivity contribution in [3.05, 3.63) is 54.3 Å². The molecule has 0 fully saturated rings. The van der Waals surface area contributed by atoms with Gasteiger partial charge in [-0.15, -0.1) is 10.2 Å². The van der Waals surface area contributed by atoms with E-state index in [0.717, 1.165) is 23.1 Å². The summed E-state index contributed by atoms with van der Waals surface area (Å²) in [6.07, 6.45) is -0.202. The van der Waals surface area contributed by atoms with Gasteiger partial charge in [0.1, 0.15) is 11.6 Å². The van der Waals surface area contributed by atoms with Crippen LogP contribution >= 0.6 is 11.8 Å². The third-order valence-electron chi connectivity index (χ3n) is 3.84. The van der Waals surface area contributed by atoms with Gasteiger partial charge >= 0.3 is 5.97 Å². The number of para-hydroxylation sites is 1. The van der Waals surface area contributed by atoms with Gasteiger partial charge in [0, 0.05) is 5.56 Å². The van der Waals surface area contributed by atoms with E-state index in [1.165, 1.54) is 6.07 Å². The van der Waals surface area contributed by atoms with Gasteiger partial charge in [-0.05, 0) is 57.2 Å². The first kappa shape index (κ1) is 20.9. The molecule has 0 atom stereocenters. The minimum Gasteiger partial charge on any atom is -0.494 e. The Labute approximate surface area is 173 Å². The zero-order chi connectivity index (χ0) is 20.8. The highest BCUT2D eigenvalue weighted by Crippen LogP contribution is 2.30. The molecule has 0 saturated heterocycles. The average molecular weight is 415 g/mol. The second kappa shape index (κ2) is 9.56. The molecule has 0 saturated carbocycles. The number of hydrogen-bond acceptors (Lipinski definition) is 6. The van der Waals surface area contributed by atoms with Gasteiger partial charge in [-0.2, -0.15) is 0 Å². The van der Waals surface area contributed by atoms with E-state index in [-0.39, 0.29) is 17.8 Å². The minimum atomic E-state index is -0.411. The van der Waals surface area contributed by atoms with Gasteiger partial charge in [0.25, 0.3) is 0 Å². The molecule has 0 aliphatic heterocycles. The number of thioether (sulfide) groups is 1. The number of esters is 1. The van der Waals surface area contributed by atoms with Crippen molar-refractivity contribution in [2.24, 2.45) is 0 Å². The highest BCUT2D eigenvalue weighted by Gasteiger charge is 2.20. The van der Waals surface area contributed by atoms with Crippen LogP contribution in [0.25, 0.3) is 17.1 Å². The summed E-state index contributed by atoms with van der Waals surface area (Å²) in [5, 5.41) is 8.84. The molecule has 152 valence electrons. The van der Waals surface area contributed by atoms with Gasteiger partial charge in [-0.25, -0.2) is 4.39 Å². The molecule has 0 spiro atoms. The maximum atomic E-state index is 14.6. The Balaban J connectivity index is 1.97. The Kier molecular flexibility index (Phi) is 6.87. The first-order valence-electron chi connectivity index (χ1n) is 9.25. The molecule has 0 aliphatic rings. The van der Waals surface area contributed by atoms with Crippen LogP contribution in [-0.2, 0) is 9.53 Å². The standard InChI is InChI=1S/C21H22FN3O3S/c1-4-27-16-11-9-15(10-12-16)20-23-24-21(29-13-19(26)28-14(2)3)25(20)18-8-6-5-7-17(18)22/h5-12,14H,4,13H2,1-3H3. The molecule has 1 heterocycles. The van der Waals surface area contributed by atoms with Crippen LogP contribution in [0.4, 0.5) is 4.39 Å². The molecule has 0 unspecified atom stereocenters. The van der Waals surface area contributed by atoms with Crippen LogP contribution in [0.3, 0.4) is 0 Å². The number of halogens is 1. The second-order valence-electron chi connectivity index (χ2n) is 6.38. The van der Waals surface area contributed by atoms with E-state index >= 15 is 0 Å². The van der Waals surface area contributed by atoms with E-state index < -0.39 is 5.82 Å². The fourth-order valence-electron chi connectivity index (χ4n) is 2.69. The topological polar surface area (TPSA) is 66.2 Å². The zero-order valence-electron chi connectivity index (χ0n) is 16.5. The van der Waals surface area contributed by atoms with Crippen molar-refractivity contribution in [1.82, 2.24) is 14.8 Å². The van der Waals surface area contributed by atoms with Crippen LogP contribution in [0.2, 0.25) is 0 Å². The van der Waals surface area contributed by atoms with Crippen LogP contribution in [0, 0.1) is 5.82 Å². The summed E-state index contributed by atoms with van der Waals surface area (Å²) in [5.74, 6) is 0.479. The van der Waals surface area contributed by atoms with Gasteiger partial charge in [0.15, 0.2) is 11.0 Å². The quantitative estimate of drug-likeness (QED) is 0.398. The Bertz CT molecular complexity index is 974. The van der Waals surface area contributed by atoms with Crippen LogP contribution in [0.5, 0.6) is 5.75 Å². The Morgan fingerprint density at radius 1 is 1.14 bits per heavy atom. The molecule has 0 bridgehead atoms. The molecule has 0 aliphatic carbocycles. The zero-order valence-corrected chi connectivity index (χ0v) is 17.3. The van der Waals surface area contributed by atoms with Gasteiger partial charge in [-0.1, -0.05) is 23.9 Å². The summed E-state index contributed by atoms with van der Waals surface area (Å²) in [6.45, 7) is 6.05. The number of carbonyl (C=O) groups excluding carboxylic acids is 1. The number of nitrogens with zero attached hydrogens (tertiary/aromatic N) is 3. The molecule has 1 aromatic heterocycles. The first-order chi connectivity index (χ1) is 14.0.